The van der Waals surface area contributed by atoms with E-state index in [9.17, 15) is 9.59 Å². The Morgan fingerprint density at radius 3 is 2.43 bits per heavy atom. The Kier molecular flexibility index (Phi) is 6.72. The first kappa shape index (κ1) is 22.6. The van der Waals surface area contributed by atoms with Crippen LogP contribution in [0.5, 0.6) is 0 Å². The Bertz CT molecular complexity index is 1140. The Balaban J connectivity index is 2.10. The van der Waals surface area contributed by atoms with Gasteiger partial charge in [0.1, 0.15) is 4.83 Å². The molecule has 160 valence electrons. The van der Waals surface area contributed by atoms with Gasteiger partial charge in [0, 0.05) is 17.0 Å². The maximum Gasteiger partial charge on any atom is 0.267 e. The third-order valence-corrected chi connectivity index (χ3v) is 7.18. The summed E-state index contributed by atoms with van der Waals surface area (Å²) >= 11 is 2.86. The number of aromatic nitrogens is 2. The lowest BCUT2D eigenvalue weighted by Gasteiger charge is -2.30. The quantitative estimate of drug-likeness (QED) is 0.392. The smallest absolute Gasteiger partial charge is 0.267 e. The summed E-state index contributed by atoms with van der Waals surface area (Å²) in [6.45, 7) is 14.1. The third-order valence-electron chi connectivity index (χ3n) is 5.16. The lowest BCUT2D eigenvalue weighted by molar-refractivity contribution is -0.131. The molecular weight excluding hydrogens is 414 g/mol. The molecule has 0 fully saturated rings. The third kappa shape index (κ3) is 4.32. The fourth-order valence-electron chi connectivity index (χ4n) is 3.74. The molecule has 0 saturated carbocycles. The number of rotatable bonds is 6. The average Bonchev–Trinajstić information content (AvgIpc) is 2.93. The summed E-state index contributed by atoms with van der Waals surface area (Å²) in [6.07, 6.45) is 0. The van der Waals surface area contributed by atoms with Gasteiger partial charge in [0.2, 0.25) is 5.91 Å². The van der Waals surface area contributed by atoms with Crippen molar-refractivity contribution in [2.75, 3.05) is 5.75 Å². The zero-order chi connectivity index (χ0) is 22.2. The molecule has 0 bridgehead atoms. The monoisotopic (exact) mass is 443 g/mol. The number of benzene rings is 1. The second-order valence-corrected chi connectivity index (χ2v) is 10.3. The van der Waals surface area contributed by atoms with Crippen LogP contribution in [0.2, 0.25) is 0 Å². The van der Waals surface area contributed by atoms with E-state index in [1.54, 1.807) is 4.57 Å². The molecular formula is C23H29N3O2S2. The van der Waals surface area contributed by atoms with Gasteiger partial charge in [0.05, 0.1) is 16.8 Å². The van der Waals surface area contributed by atoms with Gasteiger partial charge in [0.25, 0.3) is 5.56 Å². The maximum absolute atomic E-state index is 13.5. The molecule has 3 aromatic rings. The van der Waals surface area contributed by atoms with Crippen molar-refractivity contribution in [1.29, 1.82) is 0 Å². The van der Waals surface area contributed by atoms with Crippen LogP contribution in [0.1, 0.15) is 43.7 Å². The molecule has 0 radical (unpaired) electrons. The van der Waals surface area contributed by atoms with Crippen LogP contribution in [0.15, 0.2) is 34.2 Å². The van der Waals surface area contributed by atoms with Gasteiger partial charge in [-0.15, -0.1) is 11.3 Å². The lowest BCUT2D eigenvalue weighted by Crippen LogP contribution is -2.43. The summed E-state index contributed by atoms with van der Waals surface area (Å²) in [7, 11) is 0. The second-order valence-electron chi connectivity index (χ2n) is 8.11. The highest BCUT2D eigenvalue weighted by Crippen LogP contribution is 2.30. The zero-order valence-corrected chi connectivity index (χ0v) is 20.3. The molecule has 2 aromatic heterocycles. The van der Waals surface area contributed by atoms with Crippen LogP contribution in [0.25, 0.3) is 15.9 Å². The number of carbonyl (C=O) groups excluding carboxylic acids is 1. The van der Waals surface area contributed by atoms with E-state index in [0.29, 0.717) is 10.5 Å². The second kappa shape index (κ2) is 8.94. The Morgan fingerprint density at radius 2 is 1.83 bits per heavy atom. The standard InChI is InChI=1S/C23H29N3O2S2/c1-13(2)25(14(3)4)19(27)12-29-23-24-21-20(16(6)17(7)30-21)22(28)26(23)18-10-8-9-15(5)11-18/h8-11,13-14H,12H2,1-7H3. The molecule has 0 unspecified atom stereocenters. The predicted molar refractivity (Wildman–Crippen MR) is 127 cm³/mol. The molecule has 0 N–H and O–H groups in total. The van der Waals surface area contributed by atoms with E-state index in [2.05, 4.69) is 0 Å². The van der Waals surface area contributed by atoms with Crippen molar-refractivity contribution in [2.45, 2.75) is 65.7 Å². The van der Waals surface area contributed by atoms with Crippen molar-refractivity contribution >= 4 is 39.2 Å². The van der Waals surface area contributed by atoms with Gasteiger partial charge in [-0.2, -0.15) is 0 Å². The molecule has 0 saturated heterocycles. The van der Waals surface area contributed by atoms with E-state index in [4.69, 9.17) is 4.98 Å². The van der Waals surface area contributed by atoms with E-state index in [0.717, 1.165) is 26.5 Å². The largest absolute Gasteiger partial charge is 0.337 e. The van der Waals surface area contributed by atoms with Crippen molar-refractivity contribution in [3.05, 3.63) is 50.6 Å². The number of carbonyl (C=O) groups is 1. The van der Waals surface area contributed by atoms with Gasteiger partial charge in [-0.05, 0) is 71.7 Å². The first-order valence-corrected chi connectivity index (χ1v) is 12.0. The Morgan fingerprint density at radius 1 is 1.17 bits per heavy atom. The van der Waals surface area contributed by atoms with Crippen LogP contribution in [0, 0.1) is 20.8 Å². The summed E-state index contributed by atoms with van der Waals surface area (Å²) in [5.41, 5.74) is 2.74. The van der Waals surface area contributed by atoms with E-state index in [1.165, 1.54) is 23.1 Å². The molecule has 0 atom stereocenters. The zero-order valence-electron chi connectivity index (χ0n) is 18.6. The number of fused-ring (bicyclic) bond motifs is 1. The van der Waals surface area contributed by atoms with Crippen LogP contribution >= 0.6 is 23.1 Å². The number of thiophene rings is 1. The van der Waals surface area contributed by atoms with E-state index in [1.807, 2.05) is 77.6 Å². The fraction of sp³-hybridized carbons (Fsp3) is 0.435. The first-order chi connectivity index (χ1) is 14.1. The van der Waals surface area contributed by atoms with Crippen molar-refractivity contribution in [1.82, 2.24) is 14.5 Å². The van der Waals surface area contributed by atoms with Crippen LogP contribution in [0.4, 0.5) is 0 Å². The molecule has 3 rings (SSSR count). The average molecular weight is 444 g/mol. The van der Waals surface area contributed by atoms with Crippen molar-refractivity contribution in [2.24, 2.45) is 0 Å². The summed E-state index contributed by atoms with van der Waals surface area (Å²) in [5, 5.41) is 1.22. The molecule has 1 amide bonds. The van der Waals surface area contributed by atoms with Gasteiger partial charge in [-0.1, -0.05) is 23.9 Å². The van der Waals surface area contributed by atoms with Crippen LogP contribution in [0.3, 0.4) is 0 Å². The number of hydrogen-bond acceptors (Lipinski definition) is 5. The Hall–Kier alpha value is -2.12. The van der Waals surface area contributed by atoms with Crippen molar-refractivity contribution < 1.29 is 4.79 Å². The van der Waals surface area contributed by atoms with Crippen molar-refractivity contribution in [3.8, 4) is 5.69 Å². The topological polar surface area (TPSA) is 55.2 Å². The molecule has 0 aliphatic rings. The van der Waals surface area contributed by atoms with Crippen molar-refractivity contribution in [3.63, 3.8) is 0 Å². The number of nitrogens with zero attached hydrogens (tertiary/aromatic N) is 3. The summed E-state index contributed by atoms with van der Waals surface area (Å²) in [5.74, 6) is 0.289. The van der Waals surface area contributed by atoms with Crippen LogP contribution in [-0.2, 0) is 4.79 Å². The van der Waals surface area contributed by atoms with Crippen LogP contribution < -0.4 is 5.56 Å². The highest BCUT2D eigenvalue weighted by molar-refractivity contribution is 7.99. The first-order valence-electron chi connectivity index (χ1n) is 10.2. The van der Waals surface area contributed by atoms with E-state index >= 15 is 0 Å². The van der Waals surface area contributed by atoms with Gasteiger partial charge < -0.3 is 4.90 Å². The highest BCUT2D eigenvalue weighted by Gasteiger charge is 2.23. The van der Waals surface area contributed by atoms with Gasteiger partial charge >= 0.3 is 0 Å². The molecule has 1 aromatic carbocycles. The molecule has 2 heterocycles. The maximum atomic E-state index is 13.5. The number of aryl methyl sites for hydroxylation is 3. The molecule has 0 aliphatic heterocycles. The Labute approximate surface area is 186 Å². The van der Waals surface area contributed by atoms with E-state index in [-0.39, 0.29) is 29.3 Å². The summed E-state index contributed by atoms with van der Waals surface area (Å²) in [6, 6.07) is 8.07. The molecule has 5 nitrogen and oxygen atoms in total. The van der Waals surface area contributed by atoms with Crippen LogP contribution in [-0.4, -0.2) is 38.2 Å². The lowest BCUT2D eigenvalue weighted by atomic mass is 10.2. The molecule has 7 heteroatoms. The van der Waals surface area contributed by atoms with Gasteiger partial charge in [0.15, 0.2) is 5.16 Å². The normalized spacial score (nSPS) is 11.6. The molecule has 0 aliphatic carbocycles. The number of amides is 1. The predicted octanol–water partition coefficient (Wildman–Crippen LogP) is 5.11. The minimum atomic E-state index is -0.0769. The minimum absolute atomic E-state index is 0.0497. The summed E-state index contributed by atoms with van der Waals surface area (Å²) in [4.78, 5) is 34.9. The fourth-order valence-corrected chi connectivity index (χ4v) is 5.69. The SMILES string of the molecule is Cc1cccc(-n2c(SCC(=O)N(C(C)C)C(C)C)nc3sc(C)c(C)c3c2=O)c1. The van der Waals surface area contributed by atoms with E-state index < -0.39 is 0 Å². The molecule has 30 heavy (non-hydrogen) atoms. The number of hydrogen-bond donors (Lipinski definition) is 0. The number of thioether (sulfide) groups is 1. The van der Waals surface area contributed by atoms with Gasteiger partial charge in [-0.25, -0.2) is 4.98 Å². The minimum Gasteiger partial charge on any atom is -0.337 e. The van der Waals surface area contributed by atoms with Gasteiger partial charge in [-0.3, -0.25) is 14.2 Å². The highest BCUT2D eigenvalue weighted by atomic mass is 32.2. The summed E-state index contributed by atoms with van der Waals surface area (Å²) < 4.78 is 1.65. The molecule has 0 spiro atoms.